The van der Waals surface area contributed by atoms with Crippen molar-refractivity contribution in [1.29, 1.82) is 0 Å². The molecule has 3 aliphatic rings. The monoisotopic (exact) mass is 453 g/mol. The number of rotatable bonds is 5. The summed E-state index contributed by atoms with van der Waals surface area (Å²) < 4.78 is 41.2. The fraction of sp³-hybridized carbons (Fsp3) is 0.571. The molecule has 2 aliphatic heterocycles. The molecule has 0 bridgehead atoms. The van der Waals surface area contributed by atoms with Crippen molar-refractivity contribution in [2.24, 2.45) is 5.92 Å². The molecule has 174 valence electrons. The largest absolute Gasteiger partial charge is 0.418 e. The molecule has 8 nitrogen and oxygen atoms in total. The minimum atomic E-state index is -4.68. The number of carbonyl (C=O) groups excluding carboxylic acids is 3. The predicted molar refractivity (Wildman–Crippen MR) is 111 cm³/mol. The van der Waals surface area contributed by atoms with Crippen molar-refractivity contribution in [2.45, 2.75) is 31.5 Å². The second-order valence-corrected chi connectivity index (χ2v) is 8.86. The molecule has 1 aromatic carbocycles. The summed E-state index contributed by atoms with van der Waals surface area (Å²) in [5.41, 5.74) is -2.00. The van der Waals surface area contributed by atoms with Crippen molar-refractivity contribution in [3.63, 3.8) is 0 Å². The second-order valence-electron chi connectivity index (χ2n) is 8.86. The van der Waals surface area contributed by atoms with E-state index in [0.29, 0.717) is 18.8 Å². The van der Waals surface area contributed by atoms with E-state index in [9.17, 15) is 27.6 Å². The van der Waals surface area contributed by atoms with E-state index in [4.69, 9.17) is 0 Å². The van der Waals surface area contributed by atoms with Crippen LogP contribution in [0.1, 0.15) is 25.3 Å². The van der Waals surface area contributed by atoms with E-state index in [1.165, 1.54) is 12.1 Å². The van der Waals surface area contributed by atoms with Crippen LogP contribution in [0.2, 0.25) is 0 Å². The number of likely N-dealkylation sites (N-methyl/N-ethyl adjacent to an activating group) is 1. The Morgan fingerprint density at radius 3 is 2.44 bits per heavy atom. The quantitative estimate of drug-likeness (QED) is 0.668. The minimum Gasteiger partial charge on any atom is -0.369 e. The highest BCUT2D eigenvalue weighted by atomic mass is 19.4. The maximum atomic E-state index is 13.7. The Kier molecular flexibility index (Phi) is 5.56. The third-order valence-electron chi connectivity index (χ3n) is 6.45. The average Bonchev–Trinajstić information content (AvgIpc) is 3.54. The Labute approximate surface area is 183 Å². The van der Waals surface area contributed by atoms with Crippen LogP contribution in [-0.2, 0) is 15.8 Å². The van der Waals surface area contributed by atoms with Crippen LogP contribution in [-0.4, -0.2) is 73.0 Å². The number of amides is 4. The van der Waals surface area contributed by atoms with Crippen LogP contribution < -0.4 is 15.5 Å². The van der Waals surface area contributed by atoms with Gasteiger partial charge < -0.3 is 20.4 Å². The highest BCUT2D eigenvalue weighted by Gasteiger charge is 2.56. The number of urea groups is 1. The van der Waals surface area contributed by atoms with E-state index in [1.54, 1.807) is 6.92 Å². The SMILES string of the molecule is CN1CCN(c2ccc(NC(=O)CN3C(=O)NC(C)(C4CC4)C3=O)c(C(F)(F)F)c2)CC1. The minimum absolute atomic E-state index is 0.0194. The Hall–Kier alpha value is -2.82. The van der Waals surface area contributed by atoms with Gasteiger partial charge in [0.1, 0.15) is 12.1 Å². The number of anilines is 2. The van der Waals surface area contributed by atoms with Gasteiger partial charge >= 0.3 is 12.2 Å². The predicted octanol–water partition coefficient (Wildman–Crippen LogP) is 2.12. The first-order valence-corrected chi connectivity index (χ1v) is 10.6. The van der Waals surface area contributed by atoms with Crippen LogP contribution in [0.4, 0.5) is 29.3 Å². The van der Waals surface area contributed by atoms with Crippen LogP contribution in [0, 0.1) is 5.92 Å². The lowest BCUT2D eigenvalue weighted by molar-refractivity contribution is -0.137. The first-order valence-electron chi connectivity index (χ1n) is 10.6. The topological polar surface area (TPSA) is 85.0 Å². The van der Waals surface area contributed by atoms with Crippen molar-refractivity contribution < 1.29 is 27.6 Å². The molecule has 0 spiro atoms. The highest BCUT2D eigenvalue weighted by Crippen LogP contribution is 2.42. The van der Waals surface area contributed by atoms with E-state index >= 15 is 0 Å². The lowest BCUT2D eigenvalue weighted by atomic mass is 9.96. The third kappa shape index (κ3) is 4.25. The number of piperazine rings is 1. The maximum Gasteiger partial charge on any atom is 0.418 e. The molecule has 2 N–H and O–H groups in total. The third-order valence-corrected chi connectivity index (χ3v) is 6.45. The smallest absolute Gasteiger partial charge is 0.369 e. The summed E-state index contributed by atoms with van der Waals surface area (Å²) in [5, 5.41) is 4.85. The molecule has 4 amide bonds. The molecule has 1 atom stereocenters. The van der Waals surface area contributed by atoms with Gasteiger partial charge in [0, 0.05) is 31.9 Å². The zero-order valence-corrected chi connectivity index (χ0v) is 18.0. The van der Waals surface area contributed by atoms with Gasteiger partial charge in [-0.2, -0.15) is 13.2 Å². The van der Waals surface area contributed by atoms with Crippen molar-refractivity contribution in [2.75, 3.05) is 50.0 Å². The molecule has 2 heterocycles. The molecule has 0 aromatic heterocycles. The Bertz CT molecular complexity index is 941. The first-order chi connectivity index (χ1) is 15.0. The van der Waals surface area contributed by atoms with E-state index in [-0.39, 0.29) is 5.92 Å². The second kappa shape index (κ2) is 7.95. The molecule has 1 aromatic rings. The lowest BCUT2D eigenvalue weighted by Gasteiger charge is -2.34. The van der Waals surface area contributed by atoms with Gasteiger partial charge in [0.15, 0.2) is 0 Å². The fourth-order valence-corrected chi connectivity index (χ4v) is 4.27. The lowest BCUT2D eigenvalue weighted by Crippen LogP contribution is -2.46. The van der Waals surface area contributed by atoms with Crippen LogP contribution in [0.25, 0.3) is 0 Å². The van der Waals surface area contributed by atoms with Crippen LogP contribution in [0.15, 0.2) is 18.2 Å². The van der Waals surface area contributed by atoms with E-state index in [1.807, 2.05) is 11.9 Å². The van der Waals surface area contributed by atoms with E-state index in [0.717, 1.165) is 36.9 Å². The Balaban J connectivity index is 1.49. The van der Waals surface area contributed by atoms with Gasteiger partial charge in [-0.3, -0.25) is 14.5 Å². The number of halogens is 3. The number of alkyl halides is 3. The van der Waals surface area contributed by atoms with Gasteiger partial charge in [-0.15, -0.1) is 0 Å². The highest BCUT2D eigenvalue weighted by molar-refractivity contribution is 6.10. The van der Waals surface area contributed by atoms with E-state index < -0.39 is 47.4 Å². The summed E-state index contributed by atoms with van der Waals surface area (Å²) in [4.78, 5) is 42.1. The number of nitrogens with zero attached hydrogens (tertiary/aromatic N) is 3. The van der Waals surface area contributed by atoms with Gasteiger partial charge in [-0.25, -0.2) is 4.79 Å². The van der Waals surface area contributed by atoms with Gasteiger partial charge in [-0.05, 0) is 50.9 Å². The Morgan fingerprint density at radius 1 is 1.19 bits per heavy atom. The molecular weight excluding hydrogens is 427 g/mol. The molecular formula is C21H26F3N5O3. The van der Waals surface area contributed by atoms with Gasteiger partial charge in [0.2, 0.25) is 5.91 Å². The van der Waals surface area contributed by atoms with Crippen LogP contribution in [0.5, 0.6) is 0 Å². The number of hydrogen-bond acceptors (Lipinski definition) is 5. The van der Waals surface area contributed by atoms with Crippen molar-refractivity contribution in [1.82, 2.24) is 15.1 Å². The van der Waals surface area contributed by atoms with Gasteiger partial charge in [-0.1, -0.05) is 0 Å². The molecule has 32 heavy (non-hydrogen) atoms. The summed E-state index contributed by atoms with van der Waals surface area (Å²) in [6.45, 7) is 3.65. The summed E-state index contributed by atoms with van der Waals surface area (Å²) in [6, 6.07) is 3.07. The normalized spacial score (nSPS) is 24.7. The molecule has 4 rings (SSSR count). The molecule has 0 radical (unpaired) electrons. The molecule has 2 saturated heterocycles. The molecule has 1 saturated carbocycles. The van der Waals surface area contributed by atoms with Crippen molar-refractivity contribution in [3.05, 3.63) is 23.8 Å². The first kappa shape index (κ1) is 22.4. The number of hydrogen-bond donors (Lipinski definition) is 2. The summed E-state index contributed by atoms with van der Waals surface area (Å²) in [7, 11) is 1.95. The maximum absolute atomic E-state index is 13.7. The zero-order chi connectivity index (χ0) is 23.3. The molecule has 1 unspecified atom stereocenters. The summed E-state index contributed by atoms with van der Waals surface area (Å²) in [5.74, 6) is -1.38. The molecule has 1 aliphatic carbocycles. The number of imide groups is 1. The zero-order valence-electron chi connectivity index (χ0n) is 18.0. The van der Waals surface area contributed by atoms with Crippen LogP contribution >= 0.6 is 0 Å². The Morgan fingerprint density at radius 2 is 1.84 bits per heavy atom. The van der Waals surface area contributed by atoms with Crippen LogP contribution in [0.3, 0.4) is 0 Å². The van der Waals surface area contributed by atoms with E-state index in [2.05, 4.69) is 15.5 Å². The van der Waals surface area contributed by atoms with Gasteiger partial charge in [0.25, 0.3) is 5.91 Å². The number of benzene rings is 1. The molecule has 11 heteroatoms. The standard InChI is InChI=1S/C21H26F3N5O3/c1-20(13-3-4-13)18(31)29(19(32)26-20)12-17(30)25-16-6-5-14(11-15(16)21(22,23)24)28-9-7-27(2)8-10-28/h5-6,11,13H,3-4,7-10,12H2,1-2H3,(H,25,30)(H,26,32). The number of carbonyl (C=O) groups is 3. The van der Waals surface area contributed by atoms with Gasteiger partial charge in [0.05, 0.1) is 11.3 Å². The number of nitrogens with one attached hydrogen (secondary N) is 2. The molecule has 3 fully saturated rings. The van der Waals surface area contributed by atoms with Crippen molar-refractivity contribution in [3.8, 4) is 0 Å². The fourth-order valence-electron chi connectivity index (χ4n) is 4.27. The van der Waals surface area contributed by atoms with Crippen molar-refractivity contribution >= 4 is 29.2 Å². The summed E-state index contributed by atoms with van der Waals surface area (Å²) >= 11 is 0. The summed E-state index contributed by atoms with van der Waals surface area (Å²) in [6.07, 6.45) is -3.08. The average molecular weight is 453 g/mol.